The molecule has 2 aromatic rings. The third-order valence-electron chi connectivity index (χ3n) is 4.78. The number of benzene rings is 1. The van der Waals surface area contributed by atoms with E-state index in [-0.39, 0.29) is 17.3 Å². The molecule has 0 atom stereocenters. The highest BCUT2D eigenvalue weighted by atomic mass is 16.6. The Labute approximate surface area is 168 Å². The van der Waals surface area contributed by atoms with Crippen LogP contribution in [0.1, 0.15) is 35.2 Å². The van der Waals surface area contributed by atoms with Crippen LogP contribution in [0.3, 0.4) is 0 Å². The summed E-state index contributed by atoms with van der Waals surface area (Å²) in [6.45, 7) is 5.34. The first-order chi connectivity index (χ1) is 14.0. The molecule has 1 saturated heterocycles. The van der Waals surface area contributed by atoms with Gasteiger partial charge in [0.25, 0.3) is 5.91 Å². The second-order valence-electron chi connectivity index (χ2n) is 6.95. The molecule has 0 bridgehead atoms. The molecule has 3 N–H and O–H groups in total. The number of amides is 1. The molecule has 0 saturated carbocycles. The third-order valence-corrected chi connectivity index (χ3v) is 4.78. The highest BCUT2D eigenvalue weighted by Crippen LogP contribution is 2.28. The maximum Gasteiger partial charge on any atom is 0.354 e. The summed E-state index contributed by atoms with van der Waals surface area (Å²) in [4.78, 5) is 33.5. The predicted molar refractivity (Wildman–Crippen MR) is 110 cm³/mol. The van der Waals surface area contributed by atoms with Crippen molar-refractivity contribution in [2.75, 3.05) is 36.9 Å². The number of rotatable bonds is 8. The van der Waals surface area contributed by atoms with Gasteiger partial charge in [-0.3, -0.25) is 25.8 Å². The number of hydrogen-bond acceptors (Lipinski definition) is 8. The minimum atomic E-state index is -0.566. The van der Waals surface area contributed by atoms with E-state index < -0.39 is 10.8 Å². The highest BCUT2D eigenvalue weighted by Gasteiger charge is 2.23. The van der Waals surface area contributed by atoms with Crippen molar-refractivity contribution in [2.45, 2.75) is 26.2 Å². The molecule has 2 heterocycles. The van der Waals surface area contributed by atoms with Crippen molar-refractivity contribution in [3.8, 4) is 0 Å². The first-order valence-corrected chi connectivity index (χ1v) is 9.63. The number of nitrogens with one attached hydrogen (secondary N) is 3. The lowest BCUT2D eigenvalue weighted by molar-refractivity contribution is -0.383. The van der Waals surface area contributed by atoms with E-state index in [2.05, 4.69) is 31.0 Å². The second-order valence-corrected chi connectivity index (χ2v) is 6.95. The van der Waals surface area contributed by atoms with Crippen LogP contribution in [0.15, 0.2) is 30.6 Å². The van der Waals surface area contributed by atoms with Crippen molar-refractivity contribution in [3.05, 3.63) is 51.8 Å². The number of piperidine rings is 1. The summed E-state index contributed by atoms with van der Waals surface area (Å²) >= 11 is 0. The number of nitro groups is 1. The molecule has 10 heteroatoms. The minimum Gasteiger partial charge on any atom is -0.363 e. The lowest BCUT2D eigenvalue weighted by atomic mass is 10.1. The fraction of sp³-hybridized carbons (Fsp3) is 0.421. The molecule has 1 aliphatic rings. The molecule has 0 radical (unpaired) electrons. The van der Waals surface area contributed by atoms with E-state index in [0.29, 0.717) is 12.1 Å². The average Bonchev–Trinajstić information content (AvgIpc) is 2.73. The third kappa shape index (κ3) is 5.61. The zero-order chi connectivity index (χ0) is 20.6. The largest absolute Gasteiger partial charge is 0.363 e. The Morgan fingerprint density at radius 1 is 1.14 bits per heavy atom. The van der Waals surface area contributed by atoms with Crippen molar-refractivity contribution in [1.82, 2.24) is 20.3 Å². The monoisotopic (exact) mass is 399 g/mol. The predicted octanol–water partition coefficient (Wildman–Crippen LogP) is 2.35. The van der Waals surface area contributed by atoms with Gasteiger partial charge < -0.3 is 10.2 Å². The summed E-state index contributed by atoms with van der Waals surface area (Å²) in [5.74, 6) is -0.377. The zero-order valence-electron chi connectivity index (χ0n) is 16.4. The number of hydrazine groups is 1. The molecule has 3 rings (SSSR count). The van der Waals surface area contributed by atoms with Crippen molar-refractivity contribution >= 4 is 23.2 Å². The van der Waals surface area contributed by atoms with Gasteiger partial charge >= 0.3 is 5.69 Å². The summed E-state index contributed by atoms with van der Waals surface area (Å²) in [5.41, 5.74) is 6.14. The topological polar surface area (TPSA) is 125 Å². The number of anilines is 2. The number of hydrogen-bond donors (Lipinski definition) is 3. The molecule has 1 aromatic carbocycles. The molecular weight excluding hydrogens is 374 g/mol. The Morgan fingerprint density at radius 2 is 1.83 bits per heavy atom. The fourth-order valence-electron chi connectivity index (χ4n) is 3.18. The first kappa shape index (κ1) is 20.5. The molecule has 154 valence electrons. The van der Waals surface area contributed by atoms with E-state index in [1.54, 1.807) is 12.1 Å². The number of aromatic nitrogens is 2. The number of likely N-dealkylation sites (tertiary alicyclic amines) is 1. The van der Waals surface area contributed by atoms with Crippen molar-refractivity contribution in [2.24, 2.45) is 0 Å². The minimum absolute atomic E-state index is 0.0778. The SMILES string of the molecule is Cc1ccc(C(=O)NNc2ncnc(NCCN3CCCCC3)c2[N+](=O)[O-])cc1. The highest BCUT2D eigenvalue weighted by molar-refractivity contribution is 5.95. The van der Waals surface area contributed by atoms with E-state index in [4.69, 9.17) is 0 Å². The number of aryl methyl sites for hydroxylation is 1. The number of nitrogens with zero attached hydrogens (tertiary/aromatic N) is 4. The van der Waals surface area contributed by atoms with Crippen LogP contribution in [0.2, 0.25) is 0 Å². The molecule has 1 aliphatic heterocycles. The van der Waals surface area contributed by atoms with Crippen molar-refractivity contribution in [3.63, 3.8) is 0 Å². The van der Waals surface area contributed by atoms with Gasteiger partial charge in [-0.05, 0) is 45.0 Å². The van der Waals surface area contributed by atoms with Gasteiger partial charge in [-0.25, -0.2) is 9.97 Å². The summed E-state index contributed by atoms with van der Waals surface area (Å²) < 4.78 is 0. The molecule has 0 spiro atoms. The van der Waals surface area contributed by atoms with E-state index >= 15 is 0 Å². The van der Waals surface area contributed by atoms with Crippen LogP contribution in [-0.2, 0) is 0 Å². The Morgan fingerprint density at radius 3 is 2.52 bits per heavy atom. The standard InChI is InChI=1S/C19H25N7O3/c1-14-5-7-15(8-6-14)19(27)24-23-18-16(26(28)29)17(21-13-22-18)20-9-12-25-10-3-2-4-11-25/h5-8,13H,2-4,9-12H2,1H3,(H,24,27)(H2,20,21,22,23). The summed E-state index contributed by atoms with van der Waals surface area (Å²) in [5, 5.41) is 14.6. The van der Waals surface area contributed by atoms with Gasteiger partial charge in [0.1, 0.15) is 6.33 Å². The zero-order valence-corrected chi connectivity index (χ0v) is 16.4. The molecule has 0 aliphatic carbocycles. The van der Waals surface area contributed by atoms with Crippen LogP contribution in [0.5, 0.6) is 0 Å². The Kier molecular flexibility index (Phi) is 6.90. The lowest BCUT2D eigenvalue weighted by Gasteiger charge is -2.26. The summed E-state index contributed by atoms with van der Waals surface area (Å²) in [6.07, 6.45) is 4.84. The molecule has 1 fully saturated rings. The van der Waals surface area contributed by atoms with Gasteiger partial charge in [0.2, 0.25) is 11.6 Å². The van der Waals surface area contributed by atoms with Crippen LogP contribution in [0, 0.1) is 17.0 Å². The van der Waals surface area contributed by atoms with Gasteiger partial charge in [0.05, 0.1) is 4.92 Å². The molecule has 10 nitrogen and oxygen atoms in total. The number of carbonyl (C=O) groups excluding carboxylic acids is 1. The Hall–Kier alpha value is -3.27. The molecule has 1 aromatic heterocycles. The quantitative estimate of drug-likeness (QED) is 0.456. The molecule has 1 amide bonds. The van der Waals surface area contributed by atoms with Gasteiger partial charge in [-0.1, -0.05) is 24.1 Å². The molecular formula is C19H25N7O3. The van der Waals surface area contributed by atoms with Crippen LogP contribution in [0.25, 0.3) is 0 Å². The van der Waals surface area contributed by atoms with E-state index in [1.165, 1.54) is 25.6 Å². The van der Waals surface area contributed by atoms with Crippen LogP contribution < -0.4 is 16.2 Å². The smallest absolute Gasteiger partial charge is 0.354 e. The summed E-state index contributed by atoms with van der Waals surface area (Å²) in [6, 6.07) is 6.97. The van der Waals surface area contributed by atoms with Crippen molar-refractivity contribution in [1.29, 1.82) is 0 Å². The van der Waals surface area contributed by atoms with Gasteiger partial charge in [-0.2, -0.15) is 0 Å². The maximum absolute atomic E-state index is 12.2. The second kappa shape index (κ2) is 9.78. The van der Waals surface area contributed by atoms with E-state index in [0.717, 1.165) is 25.2 Å². The first-order valence-electron chi connectivity index (χ1n) is 9.63. The maximum atomic E-state index is 12.2. The van der Waals surface area contributed by atoms with Crippen LogP contribution >= 0.6 is 0 Å². The van der Waals surface area contributed by atoms with Gasteiger partial charge in [0.15, 0.2) is 0 Å². The van der Waals surface area contributed by atoms with Gasteiger partial charge in [-0.15, -0.1) is 0 Å². The molecule has 0 unspecified atom stereocenters. The van der Waals surface area contributed by atoms with Crippen molar-refractivity contribution < 1.29 is 9.72 Å². The normalized spacial score (nSPS) is 14.2. The Bertz CT molecular complexity index is 851. The van der Waals surface area contributed by atoms with E-state index in [1.807, 2.05) is 19.1 Å². The number of carbonyl (C=O) groups is 1. The Balaban J connectivity index is 1.63. The van der Waals surface area contributed by atoms with Crippen LogP contribution in [0.4, 0.5) is 17.3 Å². The van der Waals surface area contributed by atoms with E-state index in [9.17, 15) is 14.9 Å². The van der Waals surface area contributed by atoms with Gasteiger partial charge in [0, 0.05) is 18.7 Å². The van der Waals surface area contributed by atoms with Crippen LogP contribution in [-0.4, -0.2) is 51.9 Å². The summed E-state index contributed by atoms with van der Waals surface area (Å²) in [7, 11) is 0. The average molecular weight is 399 g/mol. The fourth-order valence-corrected chi connectivity index (χ4v) is 3.18. The molecule has 29 heavy (non-hydrogen) atoms. The lowest BCUT2D eigenvalue weighted by Crippen LogP contribution is -2.34.